The number of hydrogen-bond acceptors (Lipinski definition) is 3. The molecule has 112 valence electrons. The van der Waals surface area contributed by atoms with Gasteiger partial charge >= 0.3 is 0 Å². The SMILES string of the molecule is CN1C(=O)c2ccccc2C(C(=O)[O-])C1c1ccc(F)cc1. The van der Waals surface area contributed by atoms with Gasteiger partial charge in [-0.2, -0.15) is 0 Å². The fourth-order valence-electron chi connectivity index (χ4n) is 3.00. The van der Waals surface area contributed by atoms with Crippen LogP contribution in [0.1, 0.15) is 33.4 Å². The van der Waals surface area contributed by atoms with E-state index in [0.29, 0.717) is 16.7 Å². The monoisotopic (exact) mass is 298 g/mol. The molecule has 0 N–H and O–H groups in total. The van der Waals surface area contributed by atoms with Crippen molar-refractivity contribution in [1.29, 1.82) is 0 Å². The van der Waals surface area contributed by atoms with Crippen molar-refractivity contribution in [2.75, 3.05) is 7.05 Å². The normalized spacial score (nSPS) is 20.6. The second-order valence-corrected chi connectivity index (χ2v) is 5.30. The van der Waals surface area contributed by atoms with Crippen LogP contribution in [0.4, 0.5) is 4.39 Å². The number of carboxylic acid groups (broad SMARTS) is 1. The zero-order valence-electron chi connectivity index (χ0n) is 11.8. The summed E-state index contributed by atoms with van der Waals surface area (Å²) in [6, 6.07) is 11.4. The van der Waals surface area contributed by atoms with Crippen LogP contribution in [0.2, 0.25) is 0 Å². The lowest BCUT2D eigenvalue weighted by Crippen LogP contribution is -2.46. The predicted octanol–water partition coefficient (Wildman–Crippen LogP) is 1.49. The number of nitrogens with zero attached hydrogens (tertiary/aromatic N) is 1. The minimum absolute atomic E-state index is 0.262. The van der Waals surface area contributed by atoms with Gasteiger partial charge < -0.3 is 14.8 Å². The number of likely N-dealkylation sites (N-methyl/N-ethyl adjacent to an activating group) is 1. The van der Waals surface area contributed by atoms with Crippen LogP contribution in [0.25, 0.3) is 0 Å². The number of carbonyl (C=O) groups is 2. The van der Waals surface area contributed by atoms with Gasteiger partial charge in [0.25, 0.3) is 5.91 Å². The summed E-state index contributed by atoms with van der Waals surface area (Å²) in [6.07, 6.45) is 0. The van der Waals surface area contributed by atoms with Gasteiger partial charge in [-0.05, 0) is 29.3 Å². The molecule has 0 aliphatic carbocycles. The van der Waals surface area contributed by atoms with E-state index >= 15 is 0 Å². The van der Waals surface area contributed by atoms with Crippen LogP contribution in [0.5, 0.6) is 0 Å². The summed E-state index contributed by atoms with van der Waals surface area (Å²) < 4.78 is 13.1. The van der Waals surface area contributed by atoms with E-state index in [4.69, 9.17) is 0 Å². The Morgan fingerprint density at radius 2 is 1.77 bits per heavy atom. The molecule has 2 atom stereocenters. The number of fused-ring (bicyclic) bond motifs is 1. The van der Waals surface area contributed by atoms with Crippen LogP contribution in [0.3, 0.4) is 0 Å². The van der Waals surface area contributed by atoms with Crippen molar-refractivity contribution in [3.05, 3.63) is 71.0 Å². The number of hydrogen-bond donors (Lipinski definition) is 0. The Kier molecular flexibility index (Phi) is 3.41. The van der Waals surface area contributed by atoms with Crippen molar-refractivity contribution in [3.8, 4) is 0 Å². The van der Waals surface area contributed by atoms with Crippen LogP contribution in [0, 0.1) is 5.82 Å². The quantitative estimate of drug-likeness (QED) is 0.844. The molecule has 0 fully saturated rings. The Balaban J connectivity index is 2.18. The largest absolute Gasteiger partial charge is 0.549 e. The summed E-state index contributed by atoms with van der Waals surface area (Å²) in [5.74, 6) is -2.94. The number of carboxylic acids is 1. The maximum Gasteiger partial charge on any atom is 0.254 e. The van der Waals surface area contributed by atoms with Crippen molar-refractivity contribution < 1.29 is 19.1 Å². The summed E-state index contributed by atoms with van der Waals surface area (Å²) in [6.45, 7) is 0. The van der Waals surface area contributed by atoms with Crippen molar-refractivity contribution >= 4 is 11.9 Å². The zero-order valence-corrected chi connectivity index (χ0v) is 11.8. The molecule has 22 heavy (non-hydrogen) atoms. The van der Waals surface area contributed by atoms with Gasteiger partial charge in [-0.25, -0.2) is 4.39 Å². The Bertz CT molecular complexity index is 742. The Morgan fingerprint density at radius 1 is 1.14 bits per heavy atom. The molecule has 5 heteroatoms. The number of halogens is 1. The third-order valence-electron chi connectivity index (χ3n) is 4.05. The lowest BCUT2D eigenvalue weighted by Gasteiger charge is -2.41. The van der Waals surface area contributed by atoms with Gasteiger partial charge in [0.15, 0.2) is 0 Å². The number of benzene rings is 2. The summed E-state index contributed by atoms with van der Waals surface area (Å²) in [4.78, 5) is 25.5. The molecule has 0 bridgehead atoms. The first kappa shape index (κ1) is 14.3. The maximum atomic E-state index is 13.1. The van der Waals surface area contributed by atoms with E-state index in [0.717, 1.165) is 0 Å². The lowest BCUT2D eigenvalue weighted by molar-refractivity contribution is -0.309. The first-order valence-electron chi connectivity index (χ1n) is 6.83. The van der Waals surface area contributed by atoms with E-state index in [1.54, 1.807) is 31.3 Å². The van der Waals surface area contributed by atoms with Gasteiger partial charge in [-0.1, -0.05) is 30.3 Å². The molecule has 2 unspecified atom stereocenters. The van der Waals surface area contributed by atoms with E-state index in [1.165, 1.54) is 29.2 Å². The van der Waals surface area contributed by atoms with Crippen LogP contribution >= 0.6 is 0 Å². The molecule has 0 saturated heterocycles. The highest BCUT2D eigenvalue weighted by atomic mass is 19.1. The lowest BCUT2D eigenvalue weighted by atomic mass is 9.80. The van der Waals surface area contributed by atoms with Gasteiger partial charge in [-0.15, -0.1) is 0 Å². The molecule has 2 aromatic carbocycles. The summed E-state index contributed by atoms with van der Waals surface area (Å²) in [5.41, 5.74) is 1.35. The fourth-order valence-corrected chi connectivity index (χ4v) is 3.00. The van der Waals surface area contributed by atoms with Gasteiger partial charge in [0.2, 0.25) is 0 Å². The van der Waals surface area contributed by atoms with Crippen molar-refractivity contribution in [1.82, 2.24) is 4.90 Å². The molecule has 1 aliphatic heterocycles. The van der Waals surface area contributed by atoms with Crippen molar-refractivity contribution in [2.45, 2.75) is 12.0 Å². The molecule has 4 nitrogen and oxygen atoms in total. The van der Waals surface area contributed by atoms with Crippen LogP contribution in [-0.4, -0.2) is 23.8 Å². The number of amides is 1. The van der Waals surface area contributed by atoms with E-state index in [2.05, 4.69) is 0 Å². The maximum absolute atomic E-state index is 13.1. The van der Waals surface area contributed by atoms with Crippen molar-refractivity contribution in [2.24, 2.45) is 0 Å². The van der Waals surface area contributed by atoms with Gasteiger partial charge in [0, 0.05) is 18.5 Å². The van der Waals surface area contributed by atoms with Gasteiger partial charge in [0.1, 0.15) is 5.82 Å². The second-order valence-electron chi connectivity index (χ2n) is 5.30. The van der Waals surface area contributed by atoms with Crippen LogP contribution in [0.15, 0.2) is 48.5 Å². The minimum atomic E-state index is -1.26. The smallest absolute Gasteiger partial charge is 0.254 e. The topological polar surface area (TPSA) is 60.4 Å². The molecule has 1 aliphatic rings. The van der Waals surface area contributed by atoms with Gasteiger partial charge in [-0.3, -0.25) is 4.79 Å². The molecule has 2 aromatic rings. The molecule has 0 aromatic heterocycles. The fraction of sp³-hybridized carbons (Fsp3) is 0.176. The third kappa shape index (κ3) is 2.15. The van der Waals surface area contributed by atoms with E-state index in [9.17, 15) is 19.1 Å². The molecular weight excluding hydrogens is 285 g/mol. The summed E-state index contributed by atoms with van der Waals surface area (Å²) in [7, 11) is 1.54. The van der Waals surface area contributed by atoms with Gasteiger partial charge in [0.05, 0.1) is 12.0 Å². The van der Waals surface area contributed by atoms with E-state index in [-0.39, 0.29) is 5.91 Å². The van der Waals surface area contributed by atoms with Crippen molar-refractivity contribution in [3.63, 3.8) is 0 Å². The Labute approximate surface area is 126 Å². The average Bonchev–Trinajstić information content (AvgIpc) is 2.51. The zero-order chi connectivity index (χ0) is 15.9. The summed E-state index contributed by atoms with van der Waals surface area (Å²) >= 11 is 0. The summed E-state index contributed by atoms with van der Waals surface area (Å²) in [5, 5.41) is 11.7. The second kappa shape index (κ2) is 5.26. The number of aliphatic carboxylic acids is 1. The first-order valence-corrected chi connectivity index (χ1v) is 6.83. The molecule has 1 heterocycles. The standard InChI is InChI=1S/C17H14FNO3/c1-19-15(10-6-8-11(18)9-7-10)14(17(21)22)12-4-2-3-5-13(12)16(19)20/h2-9,14-15H,1H3,(H,21,22)/p-1. The number of rotatable bonds is 2. The van der Waals surface area contributed by atoms with Crippen LogP contribution < -0.4 is 5.11 Å². The highest BCUT2D eigenvalue weighted by molar-refractivity contribution is 6.00. The van der Waals surface area contributed by atoms with E-state index < -0.39 is 23.7 Å². The molecule has 3 rings (SSSR count). The Morgan fingerprint density at radius 3 is 2.41 bits per heavy atom. The third-order valence-corrected chi connectivity index (χ3v) is 4.05. The molecule has 0 radical (unpaired) electrons. The minimum Gasteiger partial charge on any atom is -0.549 e. The molecule has 0 saturated carbocycles. The van der Waals surface area contributed by atoms with Crippen LogP contribution in [-0.2, 0) is 4.79 Å². The molecule has 0 spiro atoms. The Hall–Kier alpha value is -2.69. The molecular formula is C17H13FNO3-. The highest BCUT2D eigenvalue weighted by Gasteiger charge is 2.39. The van der Waals surface area contributed by atoms with E-state index in [1.807, 2.05) is 0 Å². The first-order chi connectivity index (χ1) is 10.5. The highest BCUT2D eigenvalue weighted by Crippen LogP contribution is 2.41. The number of carbonyl (C=O) groups excluding carboxylic acids is 2. The predicted molar refractivity (Wildman–Crippen MR) is 75.4 cm³/mol. The molecule has 1 amide bonds. The average molecular weight is 298 g/mol.